The summed E-state index contributed by atoms with van der Waals surface area (Å²) in [5, 5.41) is 3.02. The van der Waals surface area contributed by atoms with Gasteiger partial charge in [-0.25, -0.2) is 8.42 Å². The van der Waals surface area contributed by atoms with Crippen LogP contribution in [-0.2, 0) is 10.0 Å². The van der Waals surface area contributed by atoms with Gasteiger partial charge >= 0.3 is 0 Å². The molecule has 1 amide bonds. The van der Waals surface area contributed by atoms with Crippen LogP contribution in [-0.4, -0.2) is 26.6 Å². The molecule has 1 N–H and O–H groups in total. The minimum atomic E-state index is -3.24. The summed E-state index contributed by atoms with van der Waals surface area (Å²) in [5.74, 6) is 0.0132. The summed E-state index contributed by atoms with van der Waals surface area (Å²) >= 11 is 0. The Morgan fingerprint density at radius 2 is 1.78 bits per heavy atom. The Labute approximate surface area is 161 Å². The van der Waals surface area contributed by atoms with Crippen molar-refractivity contribution in [2.24, 2.45) is 0 Å². The first-order valence-corrected chi connectivity index (χ1v) is 10.9. The van der Waals surface area contributed by atoms with Gasteiger partial charge in [-0.3, -0.25) is 9.10 Å². The zero-order valence-electron chi connectivity index (χ0n) is 16.0. The van der Waals surface area contributed by atoms with Gasteiger partial charge in [0.25, 0.3) is 5.91 Å². The fourth-order valence-electron chi connectivity index (χ4n) is 3.44. The van der Waals surface area contributed by atoms with Crippen LogP contribution in [0, 0.1) is 13.8 Å². The van der Waals surface area contributed by atoms with Gasteiger partial charge in [0.2, 0.25) is 10.0 Å². The monoisotopic (exact) mass is 386 g/mol. The first-order chi connectivity index (χ1) is 12.8. The van der Waals surface area contributed by atoms with E-state index in [1.54, 1.807) is 24.3 Å². The van der Waals surface area contributed by atoms with E-state index >= 15 is 0 Å². The maximum Gasteiger partial charge on any atom is 0.251 e. The summed E-state index contributed by atoms with van der Waals surface area (Å²) in [6.45, 7) is 6.53. The van der Waals surface area contributed by atoms with Crippen LogP contribution in [0.1, 0.15) is 52.9 Å². The molecule has 0 aromatic heterocycles. The number of nitrogens with zero attached hydrogens (tertiary/aromatic N) is 1. The molecule has 1 aliphatic heterocycles. The lowest BCUT2D eigenvalue weighted by atomic mass is 9.99. The highest BCUT2D eigenvalue weighted by atomic mass is 32.2. The number of nitrogens with one attached hydrogen (secondary N) is 1. The lowest BCUT2D eigenvalue weighted by Gasteiger charge is -2.28. The smallest absolute Gasteiger partial charge is 0.251 e. The van der Waals surface area contributed by atoms with Crippen molar-refractivity contribution in [1.82, 2.24) is 5.32 Å². The third kappa shape index (κ3) is 4.33. The Morgan fingerprint density at radius 1 is 1.07 bits per heavy atom. The van der Waals surface area contributed by atoms with Crippen LogP contribution >= 0.6 is 0 Å². The second-order valence-corrected chi connectivity index (χ2v) is 9.21. The topological polar surface area (TPSA) is 66.5 Å². The Balaban J connectivity index is 1.73. The Hall–Kier alpha value is -2.34. The lowest BCUT2D eigenvalue weighted by molar-refractivity contribution is 0.0940. The Kier molecular flexibility index (Phi) is 5.56. The zero-order chi connectivity index (χ0) is 19.6. The molecule has 5 nitrogen and oxygen atoms in total. The van der Waals surface area contributed by atoms with E-state index in [4.69, 9.17) is 0 Å². The van der Waals surface area contributed by atoms with Crippen LogP contribution in [0.4, 0.5) is 5.69 Å². The van der Waals surface area contributed by atoms with E-state index in [2.05, 4.69) is 23.5 Å². The largest absolute Gasteiger partial charge is 0.346 e. The van der Waals surface area contributed by atoms with Crippen molar-refractivity contribution in [3.63, 3.8) is 0 Å². The van der Waals surface area contributed by atoms with Crippen LogP contribution in [0.2, 0.25) is 0 Å². The second-order valence-electron chi connectivity index (χ2n) is 7.20. The molecule has 1 fully saturated rings. The molecule has 3 rings (SSSR count). The Bertz CT molecular complexity index is 936. The lowest BCUT2D eigenvalue weighted by Crippen LogP contribution is -2.37. The zero-order valence-corrected chi connectivity index (χ0v) is 16.8. The number of amides is 1. The molecule has 0 bridgehead atoms. The molecule has 1 atom stereocenters. The van der Waals surface area contributed by atoms with Crippen molar-refractivity contribution in [3.05, 3.63) is 64.7 Å². The van der Waals surface area contributed by atoms with Gasteiger partial charge in [-0.15, -0.1) is 0 Å². The van der Waals surface area contributed by atoms with Crippen molar-refractivity contribution in [3.8, 4) is 0 Å². The highest BCUT2D eigenvalue weighted by molar-refractivity contribution is 7.92. The number of benzene rings is 2. The third-order valence-electron chi connectivity index (χ3n) is 5.02. The van der Waals surface area contributed by atoms with Crippen molar-refractivity contribution >= 4 is 21.6 Å². The van der Waals surface area contributed by atoms with Crippen LogP contribution in [0.5, 0.6) is 0 Å². The van der Waals surface area contributed by atoms with Gasteiger partial charge in [-0.05, 0) is 69.0 Å². The minimum absolute atomic E-state index is 0.112. The first kappa shape index (κ1) is 19.4. The van der Waals surface area contributed by atoms with Gasteiger partial charge < -0.3 is 5.32 Å². The summed E-state index contributed by atoms with van der Waals surface area (Å²) in [6, 6.07) is 12.9. The number of sulfonamides is 1. The molecule has 0 spiro atoms. The van der Waals surface area contributed by atoms with Gasteiger partial charge in [0, 0.05) is 12.1 Å². The second kappa shape index (κ2) is 7.72. The molecular weight excluding hydrogens is 360 g/mol. The molecule has 2 aromatic rings. The average Bonchev–Trinajstić information content (AvgIpc) is 2.63. The van der Waals surface area contributed by atoms with Crippen LogP contribution in [0.15, 0.2) is 42.5 Å². The van der Waals surface area contributed by atoms with Crippen molar-refractivity contribution in [1.29, 1.82) is 0 Å². The molecule has 144 valence electrons. The van der Waals surface area contributed by atoms with E-state index < -0.39 is 10.0 Å². The highest BCUT2D eigenvalue weighted by Gasteiger charge is 2.26. The SMILES string of the molecule is Cc1ccc(C)c([C@@H](C)NC(=O)c2ccc(N3CCCCS3(=O)=O)cc2)c1. The number of rotatable bonds is 4. The number of anilines is 1. The average molecular weight is 387 g/mol. The number of carbonyl (C=O) groups is 1. The summed E-state index contributed by atoms with van der Waals surface area (Å²) < 4.78 is 25.9. The number of hydrogen-bond donors (Lipinski definition) is 1. The van der Waals surface area contributed by atoms with Gasteiger partial charge in [0.1, 0.15) is 0 Å². The number of hydrogen-bond acceptors (Lipinski definition) is 3. The maximum atomic E-state index is 12.6. The van der Waals surface area contributed by atoms with E-state index in [9.17, 15) is 13.2 Å². The highest BCUT2D eigenvalue weighted by Crippen LogP contribution is 2.24. The summed E-state index contributed by atoms with van der Waals surface area (Å²) in [6.07, 6.45) is 1.56. The van der Waals surface area contributed by atoms with Crippen LogP contribution < -0.4 is 9.62 Å². The molecule has 1 heterocycles. The van der Waals surface area contributed by atoms with Crippen LogP contribution in [0.25, 0.3) is 0 Å². The third-order valence-corrected chi connectivity index (χ3v) is 6.89. The van der Waals surface area contributed by atoms with Gasteiger partial charge in [-0.2, -0.15) is 0 Å². The molecule has 0 unspecified atom stereocenters. The summed E-state index contributed by atoms with van der Waals surface area (Å²) in [5.41, 5.74) is 4.53. The molecule has 1 saturated heterocycles. The number of carbonyl (C=O) groups excluding carboxylic acids is 1. The van der Waals surface area contributed by atoms with Gasteiger partial charge in [-0.1, -0.05) is 23.8 Å². The molecule has 2 aromatic carbocycles. The standard InChI is InChI=1S/C21H26N2O3S/c1-15-6-7-16(2)20(14-15)17(3)22-21(24)18-8-10-19(11-9-18)23-12-4-5-13-27(23,25)26/h6-11,14,17H,4-5,12-13H2,1-3H3,(H,22,24)/t17-/m1/s1. The van der Waals surface area contributed by atoms with Crippen LogP contribution in [0.3, 0.4) is 0 Å². The van der Waals surface area contributed by atoms with E-state index in [-0.39, 0.29) is 17.7 Å². The van der Waals surface area contributed by atoms with E-state index in [0.29, 0.717) is 24.2 Å². The fourth-order valence-corrected chi connectivity index (χ4v) is 5.08. The van der Waals surface area contributed by atoms with E-state index in [1.807, 2.05) is 20.8 Å². The normalized spacial score (nSPS) is 17.4. The molecule has 6 heteroatoms. The molecular formula is C21H26N2O3S. The Morgan fingerprint density at radius 3 is 2.44 bits per heavy atom. The number of aryl methyl sites for hydroxylation is 2. The summed E-state index contributed by atoms with van der Waals surface area (Å²) in [7, 11) is -3.24. The quantitative estimate of drug-likeness (QED) is 0.871. The van der Waals surface area contributed by atoms with Crippen molar-refractivity contribution in [2.45, 2.75) is 39.7 Å². The maximum absolute atomic E-state index is 12.6. The predicted molar refractivity (Wildman–Crippen MR) is 109 cm³/mol. The van der Waals surface area contributed by atoms with Gasteiger partial charge in [0.05, 0.1) is 17.5 Å². The summed E-state index contributed by atoms with van der Waals surface area (Å²) in [4.78, 5) is 12.6. The molecule has 0 saturated carbocycles. The van der Waals surface area contributed by atoms with E-state index in [1.165, 1.54) is 4.31 Å². The molecule has 0 radical (unpaired) electrons. The van der Waals surface area contributed by atoms with Gasteiger partial charge in [0.15, 0.2) is 0 Å². The predicted octanol–water partition coefficient (Wildman–Crippen LogP) is 3.72. The fraction of sp³-hybridized carbons (Fsp3) is 0.381. The minimum Gasteiger partial charge on any atom is -0.346 e. The van der Waals surface area contributed by atoms with Crippen molar-refractivity contribution < 1.29 is 13.2 Å². The molecule has 27 heavy (non-hydrogen) atoms. The molecule has 0 aliphatic carbocycles. The first-order valence-electron chi connectivity index (χ1n) is 9.26. The van der Waals surface area contributed by atoms with Crippen molar-refractivity contribution in [2.75, 3.05) is 16.6 Å². The van der Waals surface area contributed by atoms with E-state index in [0.717, 1.165) is 23.1 Å². The molecule has 1 aliphatic rings.